The zero-order valence-electron chi connectivity index (χ0n) is 11.8. The smallest absolute Gasteiger partial charge is 0.176 e. The van der Waals surface area contributed by atoms with Crippen molar-refractivity contribution < 1.29 is 13.3 Å². The number of aromatic nitrogens is 1. The molecule has 0 aliphatic carbocycles. The lowest BCUT2D eigenvalue weighted by atomic mass is 9.93. The van der Waals surface area contributed by atoms with Gasteiger partial charge in [0.05, 0.1) is 5.69 Å². The Morgan fingerprint density at radius 2 is 1.90 bits per heavy atom. The SMILES string of the molecule is CC(C)(C)c1cc(NC(=S)Nc2ccc(F)cc2F)no1. The van der Waals surface area contributed by atoms with Crippen LogP contribution in [0.25, 0.3) is 0 Å². The van der Waals surface area contributed by atoms with Gasteiger partial charge in [-0.25, -0.2) is 8.78 Å². The van der Waals surface area contributed by atoms with Gasteiger partial charge >= 0.3 is 0 Å². The van der Waals surface area contributed by atoms with Crippen LogP contribution in [0.3, 0.4) is 0 Å². The van der Waals surface area contributed by atoms with Crippen molar-refractivity contribution >= 4 is 28.8 Å². The van der Waals surface area contributed by atoms with Crippen LogP contribution in [0.15, 0.2) is 28.8 Å². The molecule has 7 heteroatoms. The minimum atomic E-state index is -0.727. The maximum Gasteiger partial charge on any atom is 0.176 e. The van der Waals surface area contributed by atoms with E-state index in [-0.39, 0.29) is 16.2 Å². The summed E-state index contributed by atoms with van der Waals surface area (Å²) in [4.78, 5) is 0. The van der Waals surface area contributed by atoms with Crippen LogP contribution in [0.2, 0.25) is 0 Å². The van der Waals surface area contributed by atoms with Crippen LogP contribution in [0, 0.1) is 11.6 Å². The van der Waals surface area contributed by atoms with Crippen molar-refractivity contribution in [2.45, 2.75) is 26.2 Å². The molecule has 0 saturated heterocycles. The van der Waals surface area contributed by atoms with Gasteiger partial charge in [0.25, 0.3) is 0 Å². The maximum atomic E-state index is 13.5. The van der Waals surface area contributed by atoms with Crippen LogP contribution in [-0.2, 0) is 5.41 Å². The van der Waals surface area contributed by atoms with E-state index in [2.05, 4.69) is 15.8 Å². The summed E-state index contributed by atoms with van der Waals surface area (Å²) in [5.41, 5.74) is -0.0983. The number of benzene rings is 1. The van der Waals surface area contributed by atoms with Gasteiger partial charge in [-0.3, -0.25) is 0 Å². The van der Waals surface area contributed by atoms with E-state index in [1.807, 2.05) is 20.8 Å². The Kier molecular flexibility index (Phi) is 4.22. The molecule has 0 spiro atoms. The first-order chi connectivity index (χ1) is 9.75. The summed E-state index contributed by atoms with van der Waals surface area (Å²) in [6.07, 6.45) is 0. The number of nitrogens with zero attached hydrogens (tertiary/aromatic N) is 1. The fourth-order valence-electron chi connectivity index (χ4n) is 1.55. The van der Waals surface area contributed by atoms with Crippen LogP contribution in [0.5, 0.6) is 0 Å². The third-order valence-electron chi connectivity index (χ3n) is 2.67. The Bertz CT molecular complexity index is 664. The van der Waals surface area contributed by atoms with Crippen LogP contribution in [0.1, 0.15) is 26.5 Å². The molecule has 112 valence electrons. The lowest BCUT2D eigenvalue weighted by Crippen LogP contribution is -2.20. The van der Waals surface area contributed by atoms with Crippen molar-refractivity contribution in [1.29, 1.82) is 0 Å². The van der Waals surface area contributed by atoms with Crippen LogP contribution in [-0.4, -0.2) is 10.3 Å². The van der Waals surface area contributed by atoms with Gasteiger partial charge in [-0.2, -0.15) is 0 Å². The first kappa shape index (κ1) is 15.4. The molecular formula is C14H15F2N3OS. The number of halogens is 2. The van der Waals surface area contributed by atoms with Crippen LogP contribution in [0.4, 0.5) is 20.3 Å². The zero-order chi connectivity index (χ0) is 15.6. The van der Waals surface area contributed by atoms with Crippen molar-refractivity contribution in [3.63, 3.8) is 0 Å². The van der Waals surface area contributed by atoms with Gasteiger partial charge in [-0.15, -0.1) is 0 Å². The van der Waals surface area contributed by atoms with Gasteiger partial charge in [0.15, 0.2) is 10.9 Å². The normalized spacial score (nSPS) is 11.3. The third kappa shape index (κ3) is 3.98. The number of rotatable bonds is 2. The monoisotopic (exact) mass is 311 g/mol. The molecule has 0 atom stereocenters. The zero-order valence-corrected chi connectivity index (χ0v) is 12.6. The number of hydrogen-bond acceptors (Lipinski definition) is 3. The maximum absolute atomic E-state index is 13.5. The fraction of sp³-hybridized carbons (Fsp3) is 0.286. The summed E-state index contributed by atoms with van der Waals surface area (Å²) in [5.74, 6) is -0.265. The molecule has 0 bridgehead atoms. The van der Waals surface area contributed by atoms with Crippen LogP contribution < -0.4 is 10.6 Å². The largest absolute Gasteiger partial charge is 0.359 e. The van der Waals surface area contributed by atoms with Gasteiger partial charge in [0.1, 0.15) is 17.4 Å². The minimum Gasteiger partial charge on any atom is -0.359 e. The molecule has 1 aromatic carbocycles. The average molecular weight is 311 g/mol. The summed E-state index contributed by atoms with van der Waals surface area (Å²) in [6.45, 7) is 5.96. The van der Waals surface area contributed by atoms with E-state index in [1.165, 1.54) is 6.07 Å². The van der Waals surface area contributed by atoms with Crippen molar-refractivity contribution in [2.75, 3.05) is 10.6 Å². The average Bonchev–Trinajstić information content (AvgIpc) is 2.81. The van der Waals surface area contributed by atoms with Crippen molar-refractivity contribution in [2.24, 2.45) is 0 Å². The number of anilines is 2. The Hall–Kier alpha value is -2.02. The van der Waals surface area contributed by atoms with Gasteiger partial charge in [-0.1, -0.05) is 25.9 Å². The Morgan fingerprint density at radius 1 is 1.19 bits per heavy atom. The topological polar surface area (TPSA) is 50.1 Å². The molecule has 0 amide bonds. The molecule has 0 radical (unpaired) electrons. The van der Waals surface area contributed by atoms with Crippen LogP contribution >= 0.6 is 12.2 Å². The molecule has 1 heterocycles. The van der Waals surface area contributed by atoms with E-state index >= 15 is 0 Å². The second-order valence-corrected chi connectivity index (χ2v) is 5.94. The first-order valence-corrected chi connectivity index (χ1v) is 6.67. The summed E-state index contributed by atoms with van der Waals surface area (Å²) in [7, 11) is 0. The van der Waals surface area contributed by atoms with Gasteiger partial charge in [0.2, 0.25) is 0 Å². The number of nitrogens with one attached hydrogen (secondary N) is 2. The molecule has 0 saturated carbocycles. The van der Waals surface area contributed by atoms with E-state index < -0.39 is 11.6 Å². The highest BCUT2D eigenvalue weighted by atomic mass is 32.1. The first-order valence-electron chi connectivity index (χ1n) is 6.26. The molecule has 4 nitrogen and oxygen atoms in total. The second kappa shape index (κ2) is 5.77. The van der Waals surface area contributed by atoms with E-state index in [1.54, 1.807) is 6.07 Å². The van der Waals surface area contributed by atoms with E-state index in [4.69, 9.17) is 16.7 Å². The molecule has 0 fully saturated rings. The lowest BCUT2D eigenvalue weighted by Gasteiger charge is -2.12. The Labute approximate surface area is 126 Å². The highest BCUT2D eigenvalue weighted by Gasteiger charge is 2.20. The predicted molar refractivity (Wildman–Crippen MR) is 81.4 cm³/mol. The Balaban J connectivity index is 2.03. The number of hydrogen-bond donors (Lipinski definition) is 2. The minimum absolute atomic E-state index is 0.0773. The molecule has 2 rings (SSSR count). The van der Waals surface area contributed by atoms with E-state index in [9.17, 15) is 8.78 Å². The molecule has 2 aromatic rings. The van der Waals surface area contributed by atoms with Crippen molar-refractivity contribution in [1.82, 2.24) is 5.16 Å². The Morgan fingerprint density at radius 3 is 2.48 bits per heavy atom. The van der Waals surface area contributed by atoms with Gasteiger partial charge in [0, 0.05) is 17.5 Å². The van der Waals surface area contributed by atoms with E-state index in [0.29, 0.717) is 11.6 Å². The van der Waals surface area contributed by atoms with Gasteiger partial charge < -0.3 is 15.2 Å². The van der Waals surface area contributed by atoms with Crippen molar-refractivity contribution in [3.8, 4) is 0 Å². The van der Waals surface area contributed by atoms with Crippen molar-refractivity contribution in [3.05, 3.63) is 41.7 Å². The molecule has 0 aliphatic heterocycles. The summed E-state index contributed by atoms with van der Waals surface area (Å²) in [5, 5.41) is 9.38. The lowest BCUT2D eigenvalue weighted by molar-refractivity contribution is 0.331. The molecule has 0 aliphatic rings. The molecule has 0 unspecified atom stereocenters. The standard InChI is InChI=1S/C14H15F2N3OS/c1-14(2,3)11-7-12(19-20-11)18-13(21)17-10-5-4-8(15)6-9(10)16/h4-7H,1-3H3,(H2,17,18,19,21). The summed E-state index contributed by atoms with van der Waals surface area (Å²) in [6, 6.07) is 4.90. The third-order valence-corrected chi connectivity index (χ3v) is 2.87. The van der Waals surface area contributed by atoms with E-state index in [0.717, 1.165) is 12.1 Å². The molecule has 1 aromatic heterocycles. The summed E-state index contributed by atoms with van der Waals surface area (Å²) >= 11 is 5.05. The molecule has 21 heavy (non-hydrogen) atoms. The molecular weight excluding hydrogens is 296 g/mol. The quantitative estimate of drug-likeness (QED) is 0.819. The fourth-order valence-corrected chi connectivity index (χ4v) is 1.76. The summed E-state index contributed by atoms with van der Waals surface area (Å²) < 4.78 is 31.5. The highest BCUT2D eigenvalue weighted by molar-refractivity contribution is 7.80. The second-order valence-electron chi connectivity index (χ2n) is 5.53. The predicted octanol–water partition coefficient (Wildman–Crippen LogP) is 4.06. The molecule has 2 N–H and O–H groups in total. The highest BCUT2D eigenvalue weighted by Crippen LogP contribution is 2.24. The number of thiocarbonyl (C=S) groups is 1. The van der Waals surface area contributed by atoms with Gasteiger partial charge in [-0.05, 0) is 24.4 Å².